The van der Waals surface area contributed by atoms with E-state index >= 15 is 0 Å². The molecule has 3 aromatic carbocycles. The second-order valence-electron chi connectivity index (χ2n) is 6.22. The highest BCUT2D eigenvalue weighted by Gasteiger charge is 2.17. The molecular weight excluding hydrogens is 411 g/mol. The van der Waals surface area contributed by atoms with Crippen LogP contribution in [0.5, 0.6) is 5.75 Å². The molecule has 0 aliphatic heterocycles. The van der Waals surface area contributed by atoms with Gasteiger partial charge in [0.2, 0.25) is 0 Å². The second kappa shape index (κ2) is 9.45. The molecule has 0 fully saturated rings. The summed E-state index contributed by atoms with van der Waals surface area (Å²) in [5.41, 5.74) is 6.97. The quantitative estimate of drug-likeness (QED) is 0.568. The molecule has 0 spiro atoms. The van der Waals surface area contributed by atoms with Gasteiger partial charge in [-0.15, -0.1) is 0 Å². The molecule has 1 unspecified atom stereocenters. The smallest absolute Gasteiger partial charge is 0.279 e. The van der Waals surface area contributed by atoms with Crippen LogP contribution in [0.25, 0.3) is 11.1 Å². The first kappa shape index (κ1) is 20.7. The topological polar surface area (TPSA) is 67.4 Å². The number of amides is 2. The Balaban J connectivity index is 1.54. The average molecular weight is 429 g/mol. The van der Waals surface area contributed by atoms with Crippen molar-refractivity contribution < 1.29 is 14.3 Å². The second-order valence-corrected chi connectivity index (χ2v) is 7.06. The van der Waals surface area contributed by atoms with E-state index in [2.05, 4.69) is 10.9 Å². The van der Waals surface area contributed by atoms with Gasteiger partial charge >= 0.3 is 0 Å². The zero-order chi connectivity index (χ0) is 20.8. The van der Waals surface area contributed by atoms with Crippen molar-refractivity contribution in [3.8, 4) is 16.9 Å². The predicted molar refractivity (Wildman–Crippen MR) is 114 cm³/mol. The van der Waals surface area contributed by atoms with Gasteiger partial charge in [0.1, 0.15) is 5.75 Å². The van der Waals surface area contributed by atoms with Crippen molar-refractivity contribution in [3.63, 3.8) is 0 Å². The third kappa shape index (κ3) is 5.50. The van der Waals surface area contributed by atoms with Crippen LogP contribution in [0.4, 0.5) is 0 Å². The van der Waals surface area contributed by atoms with Gasteiger partial charge < -0.3 is 4.74 Å². The molecule has 5 nitrogen and oxygen atoms in total. The number of hydrogen-bond donors (Lipinski definition) is 2. The fourth-order valence-corrected chi connectivity index (χ4v) is 3.07. The Morgan fingerprint density at radius 2 is 1.52 bits per heavy atom. The van der Waals surface area contributed by atoms with Gasteiger partial charge in [-0.25, -0.2) is 0 Å². The molecule has 1 atom stereocenters. The van der Waals surface area contributed by atoms with E-state index in [0.717, 1.165) is 11.1 Å². The van der Waals surface area contributed by atoms with Gasteiger partial charge in [0.25, 0.3) is 11.8 Å². The first-order valence-corrected chi connectivity index (χ1v) is 9.57. The summed E-state index contributed by atoms with van der Waals surface area (Å²) in [4.78, 5) is 24.3. The highest BCUT2D eigenvalue weighted by molar-refractivity contribution is 6.36. The molecule has 0 saturated heterocycles. The molecule has 0 saturated carbocycles. The molecule has 29 heavy (non-hydrogen) atoms. The Bertz CT molecular complexity index is 1010. The van der Waals surface area contributed by atoms with Crippen LogP contribution in [-0.2, 0) is 4.79 Å². The van der Waals surface area contributed by atoms with Gasteiger partial charge in [0, 0.05) is 5.02 Å². The van der Waals surface area contributed by atoms with Crippen molar-refractivity contribution in [2.24, 2.45) is 0 Å². The molecule has 3 rings (SSSR count). The third-order valence-corrected chi connectivity index (χ3v) is 4.67. The number of rotatable bonds is 5. The Kier molecular flexibility index (Phi) is 6.75. The molecule has 3 aromatic rings. The fourth-order valence-electron chi connectivity index (χ4n) is 2.58. The Morgan fingerprint density at radius 3 is 2.17 bits per heavy atom. The van der Waals surface area contributed by atoms with Crippen LogP contribution in [-0.4, -0.2) is 17.9 Å². The highest BCUT2D eigenvalue weighted by Crippen LogP contribution is 2.23. The van der Waals surface area contributed by atoms with E-state index in [0.29, 0.717) is 10.8 Å². The summed E-state index contributed by atoms with van der Waals surface area (Å²) >= 11 is 11.8. The normalized spacial score (nSPS) is 11.4. The van der Waals surface area contributed by atoms with Crippen LogP contribution < -0.4 is 15.6 Å². The van der Waals surface area contributed by atoms with E-state index in [-0.39, 0.29) is 10.6 Å². The van der Waals surface area contributed by atoms with E-state index in [1.165, 1.54) is 18.2 Å². The van der Waals surface area contributed by atoms with E-state index in [1.807, 2.05) is 42.5 Å². The summed E-state index contributed by atoms with van der Waals surface area (Å²) < 4.78 is 5.64. The summed E-state index contributed by atoms with van der Waals surface area (Å²) in [6.45, 7) is 1.59. The lowest BCUT2D eigenvalue weighted by atomic mass is 10.1. The SMILES string of the molecule is CC(Oc1ccc(-c2ccccc2)cc1)C(=O)NNC(=O)c1ccc(Cl)cc1Cl. The van der Waals surface area contributed by atoms with Crippen LogP contribution in [0.3, 0.4) is 0 Å². The number of hydrazine groups is 1. The molecule has 7 heteroatoms. The van der Waals surface area contributed by atoms with Gasteiger partial charge in [-0.2, -0.15) is 0 Å². The fraction of sp³-hybridized carbons (Fsp3) is 0.0909. The minimum Gasteiger partial charge on any atom is -0.481 e. The summed E-state index contributed by atoms with van der Waals surface area (Å²) in [5.74, 6) is -0.519. The largest absolute Gasteiger partial charge is 0.481 e. The Hall–Kier alpha value is -3.02. The van der Waals surface area contributed by atoms with Crippen molar-refractivity contribution >= 4 is 35.0 Å². The Labute approximate surface area is 178 Å². The van der Waals surface area contributed by atoms with Crippen molar-refractivity contribution in [1.82, 2.24) is 10.9 Å². The number of nitrogens with one attached hydrogen (secondary N) is 2. The third-order valence-electron chi connectivity index (χ3n) is 4.12. The molecular formula is C22H18Cl2N2O3. The van der Waals surface area contributed by atoms with Crippen LogP contribution in [0.1, 0.15) is 17.3 Å². The van der Waals surface area contributed by atoms with E-state index < -0.39 is 17.9 Å². The maximum absolute atomic E-state index is 12.2. The van der Waals surface area contributed by atoms with Crippen LogP contribution in [0, 0.1) is 0 Å². The van der Waals surface area contributed by atoms with Crippen LogP contribution >= 0.6 is 23.2 Å². The van der Waals surface area contributed by atoms with Gasteiger partial charge in [0.15, 0.2) is 6.10 Å². The molecule has 0 bridgehead atoms. The molecule has 0 radical (unpaired) electrons. The molecule has 0 heterocycles. The van der Waals surface area contributed by atoms with Gasteiger partial charge in [-0.1, -0.05) is 65.7 Å². The molecule has 2 N–H and O–H groups in total. The predicted octanol–water partition coefficient (Wildman–Crippen LogP) is 4.89. The highest BCUT2D eigenvalue weighted by atomic mass is 35.5. The minimum atomic E-state index is -0.821. The zero-order valence-corrected chi connectivity index (χ0v) is 17.0. The van der Waals surface area contributed by atoms with Gasteiger partial charge in [-0.3, -0.25) is 20.4 Å². The molecule has 2 amide bonds. The average Bonchev–Trinajstić information content (AvgIpc) is 2.73. The first-order valence-electron chi connectivity index (χ1n) is 8.81. The lowest BCUT2D eigenvalue weighted by molar-refractivity contribution is -0.128. The van der Waals surface area contributed by atoms with Gasteiger partial charge in [0.05, 0.1) is 10.6 Å². The summed E-state index contributed by atoms with van der Waals surface area (Å²) in [5, 5.41) is 0.600. The number of hydrogen-bond acceptors (Lipinski definition) is 3. The van der Waals surface area contributed by atoms with Crippen molar-refractivity contribution in [3.05, 3.63) is 88.4 Å². The van der Waals surface area contributed by atoms with Crippen molar-refractivity contribution in [1.29, 1.82) is 0 Å². The van der Waals surface area contributed by atoms with Crippen molar-refractivity contribution in [2.75, 3.05) is 0 Å². The number of ether oxygens (including phenoxy) is 1. The number of halogens is 2. The monoisotopic (exact) mass is 428 g/mol. The van der Waals surface area contributed by atoms with E-state index in [1.54, 1.807) is 19.1 Å². The molecule has 0 aliphatic carbocycles. The maximum atomic E-state index is 12.2. The van der Waals surface area contributed by atoms with Crippen LogP contribution in [0.2, 0.25) is 10.0 Å². The van der Waals surface area contributed by atoms with E-state index in [4.69, 9.17) is 27.9 Å². The molecule has 0 aromatic heterocycles. The number of carbonyl (C=O) groups is 2. The van der Waals surface area contributed by atoms with Crippen molar-refractivity contribution in [2.45, 2.75) is 13.0 Å². The van der Waals surface area contributed by atoms with E-state index in [9.17, 15) is 9.59 Å². The molecule has 0 aliphatic rings. The zero-order valence-electron chi connectivity index (χ0n) is 15.5. The lowest BCUT2D eigenvalue weighted by Crippen LogP contribution is -2.47. The number of carbonyl (C=O) groups excluding carboxylic acids is 2. The Morgan fingerprint density at radius 1 is 0.862 bits per heavy atom. The van der Waals surface area contributed by atoms with Crippen LogP contribution in [0.15, 0.2) is 72.8 Å². The summed E-state index contributed by atoms with van der Waals surface area (Å²) in [7, 11) is 0. The molecule has 148 valence electrons. The standard InChI is InChI=1S/C22H18Cl2N2O3/c1-14(21(27)25-26-22(28)19-12-9-17(23)13-20(19)24)29-18-10-7-16(8-11-18)15-5-3-2-4-6-15/h2-14H,1H3,(H,25,27)(H,26,28). The number of benzene rings is 3. The summed E-state index contributed by atoms with van der Waals surface area (Å²) in [6, 6.07) is 21.8. The first-order chi connectivity index (χ1) is 13.9. The minimum absolute atomic E-state index is 0.187. The summed E-state index contributed by atoms with van der Waals surface area (Å²) in [6.07, 6.45) is -0.821. The lowest BCUT2D eigenvalue weighted by Gasteiger charge is -2.15. The maximum Gasteiger partial charge on any atom is 0.279 e. The van der Waals surface area contributed by atoms with Gasteiger partial charge in [-0.05, 0) is 48.4 Å².